The third-order valence-electron chi connectivity index (χ3n) is 3.92. The molecule has 4 rings (SSSR count). The predicted octanol–water partition coefficient (Wildman–Crippen LogP) is 2.33. The van der Waals surface area contributed by atoms with Crippen LogP contribution in [-0.4, -0.2) is 32.8 Å². The summed E-state index contributed by atoms with van der Waals surface area (Å²) in [6.07, 6.45) is 4.80. The molecular formula is C14H15ClN6O2S. The van der Waals surface area contributed by atoms with Gasteiger partial charge in [-0.1, -0.05) is 11.6 Å². The monoisotopic (exact) mass is 366 g/mol. The highest BCUT2D eigenvalue weighted by atomic mass is 35.5. The number of anilines is 1. The minimum atomic E-state index is -3.81. The largest absolute Gasteiger partial charge is 0.266 e. The minimum absolute atomic E-state index is 0.00667. The first kappa shape index (κ1) is 15.4. The summed E-state index contributed by atoms with van der Waals surface area (Å²) in [4.78, 5) is 4.09. The van der Waals surface area contributed by atoms with Gasteiger partial charge in [0, 0.05) is 11.8 Å². The zero-order valence-corrected chi connectivity index (χ0v) is 14.6. The average molecular weight is 367 g/mol. The number of halogens is 1. The summed E-state index contributed by atoms with van der Waals surface area (Å²) in [6.45, 7) is 3.64. The molecule has 0 spiro atoms. The van der Waals surface area contributed by atoms with E-state index in [1.165, 1.54) is 16.9 Å². The summed E-state index contributed by atoms with van der Waals surface area (Å²) in [5.41, 5.74) is 1.94. The van der Waals surface area contributed by atoms with Crippen molar-refractivity contribution in [2.75, 3.05) is 4.72 Å². The van der Waals surface area contributed by atoms with Gasteiger partial charge in [0.05, 0.1) is 24.1 Å². The van der Waals surface area contributed by atoms with Crippen molar-refractivity contribution >= 4 is 33.1 Å². The lowest BCUT2D eigenvalue weighted by Crippen LogP contribution is -2.15. The van der Waals surface area contributed by atoms with Crippen LogP contribution < -0.4 is 4.72 Å². The minimum Gasteiger partial charge on any atom is -0.265 e. The molecule has 24 heavy (non-hydrogen) atoms. The highest BCUT2D eigenvalue weighted by Gasteiger charge is 2.27. The van der Waals surface area contributed by atoms with Gasteiger partial charge >= 0.3 is 0 Å². The van der Waals surface area contributed by atoms with Gasteiger partial charge in [-0.05, 0) is 26.7 Å². The first-order valence-corrected chi connectivity index (χ1v) is 9.31. The zero-order valence-electron chi connectivity index (χ0n) is 13.1. The topological polar surface area (TPSA) is 94.2 Å². The van der Waals surface area contributed by atoms with E-state index in [1.807, 2.05) is 11.6 Å². The molecule has 3 aromatic rings. The van der Waals surface area contributed by atoms with Crippen molar-refractivity contribution in [2.24, 2.45) is 0 Å². The van der Waals surface area contributed by atoms with Crippen LogP contribution in [-0.2, 0) is 10.0 Å². The van der Waals surface area contributed by atoms with E-state index in [9.17, 15) is 8.42 Å². The molecular weight excluding hydrogens is 352 g/mol. The summed E-state index contributed by atoms with van der Waals surface area (Å²) in [5, 5.41) is 8.89. The first-order valence-electron chi connectivity index (χ1n) is 7.44. The Kier molecular flexibility index (Phi) is 3.33. The van der Waals surface area contributed by atoms with E-state index in [0.717, 1.165) is 18.5 Å². The number of sulfonamides is 1. The fourth-order valence-corrected chi connectivity index (χ4v) is 3.66. The van der Waals surface area contributed by atoms with Crippen molar-refractivity contribution in [3.63, 3.8) is 0 Å². The Morgan fingerprint density at radius 2 is 2.04 bits per heavy atom. The summed E-state index contributed by atoms with van der Waals surface area (Å²) in [5.74, 6) is 0.300. The van der Waals surface area contributed by atoms with Gasteiger partial charge in [0.1, 0.15) is 9.92 Å². The second-order valence-corrected chi connectivity index (χ2v) is 7.97. The summed E-state index contributed by atoms with van der Waals surface area (Å²) in [6, 6.07) is 2.10. The van der Waals surface area contributed by atoms with Crippen LogP contribution >= 0.6 is 11.6 Å². The number of hydrogen-bond donors (Lipinski definition) is 1. The molecule has 0 amide bonds. The van der Waals surface area contributed by atoms with Gasteiger partial charge in [0.25, 0.3) is 10.0 Å². The second kappa shape index (κ2) is 5.18. The van der Waals surface area contributed by atoms with Crippen LogP contribution in [0, 0.1) is 13.8 Å². The average Bonchev–Trinajstić information content (AvgIpc) is 3.24. The smallest absolute Gasteiger partial charge is 0.265 e. The molecule has 3 aromatic heterocycles. The molecule has 0 aliphatic heterocycles. The molecule has 0 unspecified atom stereocenters. The lowest BCUT2D eigenvalue weighted by atomic mass is 10.4. The number of aromatic nitrogens is 5. The van der Waals surface area contributed by atoms with Crippen molar-refractivity contribution in [3.05, 3.63) is 34.9 Å². The lowest BCUT2D eigenvalue weighted by Gasteiger charge is -2.05. The van der Waals surface area contributed by atoms with Gasteiger partial charge < -0.3 is 0 Å². The Morgan fingerprint density at radius 3 is 2.75 bits per heavy atom. The molecule has 1 aliphatic rings. The number of nitrogens with zero attached hydrogens (tertiary/aromatic N) is 5. The molecule has 0 radical (unpaired) electrons. The quantitative estimate of drug-likeness (QED) is 0.764. The third-order valence-corrected chi connectivity index (χ3v) is 5.67. The van der Waals surface area contributed by atoms with Crippen LogP contribution in [0.4, 0.5) is 5.82 Å². The maximum absolute atomic E-state index is 12.6. The molecule has 0 bridgehead atoms. The molecule has 1 fully saturated rings. The van der Waals surface area contributed by atoms with Gasteiger partial charge in [-0.25, -0.2) is 17.9 Å². The van der Waals surface area contributed by atoms with Crippen molar-refractivity contribution in [3.8, 4) is 0 Å². The van der Waals surface area contributed by atoms with Crippen molar-refractivity contribution in [1.82, 2.24) is 24.4 Å². The number of rotatable bonds is 4. The van der Waals surface area contributed by atoms with E-state index < -0.39 is 10.0 Å². The van der Waals surface area contributed by atoms with Gasteiger partial charge in [-0.15, -0.1) is 0 Å². The van der Waals surface area contributed by atoms with E-state index >= 15 is 0 Å². The van der Waals surface area contributed by atoms with Crippen LogP contribution in [0.5, 0.6) is 0 Å². The molecule has 3 heterocycles. The van der Waals surface area contributed by atoms with Gasteiger partial charge in [-0.3, -0.25) is 9.40 Å². The highest BCUT2D eigenvalue weighted by Crippen LogP contribution is 2.36. The molecule has 1 N–H and O–H groups in total. The summed E-state index contributed by atoms with van der Waals surface area (Å²) >= 11 is 6.07. The van der Waals surface area contributed by atoms with Crippen molar-refractivity contribution < 1.29 is 8.42 Å². The maximum Gasteiger partial charge on any atom is 0.266 e. The lowest BCUT2D eigenvalue weighted by molar-refractivity contribution is 0.598. The van der Waals surface area contributed by atoms with Gasteiger partial charge in [-0.2, -0.15) is 10.2 Å². The number of hydrogen-bond acceptors (Lipinski definition) is 5. The fourth-order valence-electron chi connectivity index (χ4n) is 2.56. The Bertz CT molecular complexity index is 1050. The van der Waals surface area contributed by atoms with E-state index in [0.29, 0.717) is 28.2 Å². The molecule has 0 saturated heterocycles. The van der Waals surface area contributed by atoms with Crippen LogP contribution in [0.15, 0.2) is 23.4 Å². The van der Waals surface area contributed by atoms with Crippen LogP contribution in [0.1, 0.15) is 30.3 Å². The Hall–Kier alpha value is -2.13. The molecule has 1 saturated carbocycles. The van der Waals surface area contributed by atoms with Crippen molar-refractivity contribution in [1.29, 1.82) is 0 Å². The van der Waals surface area contributed by atoms with Crippen LogP contribution in [0.25, 0.3) is 5.65 Å². The first-order chi connectivity index (χ1) is 11.3. The molecule has 126 valence electrons. The standard InChI is InChI=1S/C14H15ClN6O2S/c1-8-5-12(18-21(8)10-3-4-10)19-24(22,23)11-6-16-14-13(15)9(2)17-20(14)7-11/h5-7,10H,3-4H2,1-2H3,(H,18,19). The molecule has 0 aromatic carbocycles. The maximum atomic E-state index is 12.6. The fraction of sp³-hybridized carbons (Fsp3) is 0.357. The molecule has 1 aliphatic carbocycles. The van der Waals surface area contributed by atoms with Gasteiger partial charge in [0.2, 0.25) is 0 Å². The number of aryl methyl sites for hydroxylation is 2. The van der Waals surface area contributed by atoms with Gasteiger partial charge in [0.15, 0.2) is 11.5 Å². The number of fused-ring (bicyclic) bond motifs is 1. The summed E-state index contributed by atoms with van der Waals surface area (Å²) < 4.78 is 30.8. The predicted molar refractivity (Wildman–Crippen MR) is 88.8 cm³/mol. The third kappa shape index (κ3) is 2.53. The normalized spacial score (nSPS) is 15.1. The molecule has 10 heteroatoms. The van der Waals surface area contributed by atoms with Crippen molar-refractivity contribution in [2.45, 2.75) is 37.6 Å². The Balaban J connectivity index is 1.68. The van der Waals surface area contributed by atoms with E-state index in [-0.39, 0.29) is 4.90 Å². The molecule has 8 nitrogen and oxygen atoms in total. The highest BCUT2D eigenvalue weighted by molar-refractivity contribution is 7.92. The Labute approximate surface area is 143 Å². The second-order valence-electron chi connectivity index (χ2n) is 5.91. The summed E-state index contributed by atoms with van der Waals surface area (Å²) in [7, 11) is -3.81. The number of nitrogens with one attached hydrogen (secondary N) is 1. The zero-order chi connectivity index (χ0) is 17.1. The van der Waals surface area contributed by atoms with E-state index in [1.54, 1.807) is 13.0 Å². The molecule has 0 atom stereocenters. The van der Waals surface area contributed by atoms with Crippen LogP contribution in [0.2, 0.25) is 5.02 Å². The van der Waals surface area contributed by atoms with E-state index in [4.69, 9.17) is 11.6 Å². The SMILES string of the molecule is Cc1nn2cc(S(=O)(=O)Nc3cc(C)n(C4CC4)n3)cnc2c1Cl. The van der Waals surface area contributed by atoms with E-state index in [2.05, 4.69) is 19.9 Å². The van der Waals surface area contributed by atoms with Crippen LogP contribution in [0.3, 0.4) is 0 Å². The Morgan fingerprint density at radius 1 is 1.29 bits per heavy atom.